The summed E-state index contributed by atoms with van der Waals surface area (Å²) < 4.78 is 5.01. The van der Waals surface area contributed by atoms with E-state index in [-0.39, 0.29) is 0 Å². The van der Waals surface area contributed by atoms with Crippen molar-refractivity contribution in [2.75, 3.05) is 19.8 Å². The fraction of sp³-hybridized carbons (Fsp3) is 0.750. The van der Waals surface area contributed by atoms with Gasteiger partial charge in [-0.05, 0) is 19.4 Å². The summed E-state index contributed by atoms with van der Waals surface area (Å²) in [5.41, 5.74) is 0. The first-order valence-electron chi connectivity index (χ1n) is 3.92. The summed E-state index contributed by atoms with van der Waals surface area (Å²) in [6, 6.07) is 0. The van der Waals surface area contributed by atoms with Gasteiger partial charge in [-0.3, -0.25) is 0 Å². The predicted molar refractivity (Wildman–Crippen MR) is 43.0 cm³/mol. The predicted octanol–water partition coefficient (Wildman–Crippen LogP) is 1.89. The fourth-order valence-electron chi connectivity index (χ4n) is 0.460. The molecular weight excluding hydrogens is 144 g/mol. The van der Waals surface area contributed by atoms with Gasteiger partial charge in [-0.2, -0.15) is 4.89 Å². The molecule has 0 atom stereocenters. The maximum Gasteiger partial charge on any atom is 0.125 e. The third kappa shape index (κ3) is 9.46. The Bertz CT molecular complexity index is 91.3. The molecule has 0 aliphatic heterocycles. The molecular formula is C8H16O3. The molecule has 66 valence electrons. The first-order valence-corrected chi connectivity index (χ1v) is 3.92. The Hall–Kier alpha value is -0.540. The molecule has 0 fully saturated rings. The third-order valence-electron chi connectivity index (χ3n) is 0.971. The molecule has 0 saturated carbocycles. The van der Waals surface area contributed by atoms with E-state index in [9.17, 15) is 0 Å². The molecule has 0 saturated heterocycles. The van der Waals surface area contributed by atoms with Crippen molar-refractivity contribution in [3.63, 3.8) is 0 Å². The SMILES string of the molecule is CCC=COOCCOCC. The highest BCUT2D eigenvalue weighted by molar-refractivity contribution is 4.68. The van der Waals surface area contributed by atoms with Crippen LogP contribution >= 0.6 is 0 Å². The van der Waals surface area contributed by atoms with Gasteiger partial charge in [0, 0.05) is 6.61 Å². The summed E-state index contributed by atoms with van der Waals surface area (Å²) >= 11 is 0. The normalized spacial score (nSPS) is 10.7. The van der Waals surface area contributed by atoms with Crippen LogP contribution in [0.3, 0.4) is 0 Å². The average Bonchev–Trinajstić information content (AvgIpc) is 2.03. The molecule has 3 heteroatoms. The van der Waals surface area contributed by atoms with E-state index in [4.69, 9.17) is 9.62 Å². The topological polar surface area (TPSA) is 27.7 Å². The summed E-state index contributed by atoms with van der Waals surface area (Å²) in [5.74, 6) is 0. The van der Waals surface area contributed by atoms with Crippen molar-refractivity contribution in [3.8, 4) is 0 Å². The maximum absolute atomic E-state index is 5.01. The smallest absolute Gasteiger partial charge is 0.125 e. The Morgan fingerprint density at radius 2 is 2.00 bits per heavy atom. The Morgan fingerprint density at radius 1 is 1.18 bits per heavy atom. The molecule has 0 aliphatic carbocycles. The summed E-state index contributed by atoms with van der Waals surface area (Å²) in [4.78, 5) is 9.39. The molecule has 0 aromatic rings. The minimum atomic E-state index is 0.474. The largest absolute Gasteiger partial charge is 0.379 e. The van der Waals surface area contributed by atoms with E-state index < -0.39 is 0 Å². The Kier molecular flexibility index (Phi) is 9.00. The third-order valence-corrected chi connectivity index (χ3v) is 0.971. The summed E-state index contributed by atoms with van der Waals surface area (Å²) in [6.07, 6.45) is 4.36. The van der Waals surface area contributed by atoms with Gasteiger partial charge in [0.2, 0.25) is 0 Å². The average molecular weight is 160 g/mol. The van der Waals surface area contributed by atoms with Crippen molar-refractivity contribution in [2.45, 2.75) is 20.3 Å². The van der Waals surface area contributed by atoms with Crippen LogP contribution in [-0.2, 0) is 14.5 Å². The van der Waals surface area contributed by atoms with E-state index in [2.05, 4.69) is 4.89 Å². The Labute approximate surface area is 67.9 Å². The van der Waals surface area contributed by atoms with Crippen molar-refractivity contribution in [2.24, 2.45) is 0 Å². The molecule has 0 amide bonds. The number of hydrogen-bond donors (Lipinski definition) is 0. The first kappa shape index (κ1) is 10.5. The summed E-state index contributed by atoms with van der Waals surface area (Å²) in [7, 11) is 0. The van der Waals surface area contributed by atoms with Gasteiger partial charge in [-0.25, -0.2) is 0 Å². The van der Waals surface area contributed by atoms with Crippen LogP contribution in [0.5, 0.6) is 0 Å². The number of hydrogen-bond acceptors (Lipinski definition) is 3. The van der Waals surface area contributed by atoms with Crippen molar-refractivity contribution in [1.82, 2.24) is 0 Å². The molecule has 0 rings (SSSR count). The second-order valence-corrected chi connectivity index (χ2v) is 1.90. The van der Waals surface area contributed by atoms with Gasteiger partial charge < -0.3 is 9.62 Å². The zero-order valence-electron chi connectivity index (χ0n) is 7.21. The fourth-order valence-corrected chi connectivity index (χ4v) is 0.460. The second kappa shape index (κ2) is 9.46. The molecule has 0 aromatic heterocycles. The molecule has 0 radical (unpaired) electrons. The van der Waals surface area contributed by atoms with E-state index in [1.165, 1.54) is 6.26 Å². The van der Waals surface area contributed by atoms with Crippen LogP contribution in [0.25, 0.3) is 0 Å². The van der Waals surface area contributed by atoms with Gasteiger partial charge in [-0.1, -0.05) is 6.92 Å². The number of rotatable bonds is 7. The van der Waals surface area contributed by atoms with Crippen molar-refractivity contribution < 1.29 is 14.5 Å². The lowest BCUT2D eigenvalue weighted by Gasteiger charge is -2.00. The minimum absolute atomic E-state index is 0.474. The lowest BCUT2D eigenvalue weighted by Crippen LogP contribution is -2.02. The highest BCUT2D eigenvalue weighted by Gasteiger charge is 1.84. The molecule has 0 aliphatic rings. The van der Waals surface area contributed by atoms with Crippen LogP contribution in [0.4, 0.5) is 0 Å². The van der Waals surface area contributed by atoms with Crippen LogP contribution < -0.4 is 0 Å². The maximum atomic E-state index is 5.01. The van der Waals surface area contributed by atoms with Gasteiger partial charge >= 0.3 is 0 Å². The van der Waals surface area contributed by atoms with Gasteiger partial charge in [-0.15, -0.1) is 0 Å². The molecule has 0 unspecified atom stereocenters. The zero-order chi connectivity index (χ0) is 8.36. The molecule has 0 N–H and O–H groups in total. The molecule has 0 spiro atoms. The molecule has 0 aromatic carbocycles. The zero-order valence-corrected chi connectivity index (χ0v) is 7.21. The summed E-state index contributed by atoms with van der Waals surface area (Å²) in [5, 5.41) is 0. The van der Waals surface area contributed by atoms with Gasteiger partial charge in [0.1, 0.15) is 12.9 Å². The monoisotopic (exact) mass is 160 g/mol. The van der Waals surface area contributed by atoms with Gasteiger partial charge in [0.25, 0.3) is 0 Å². The van der Waals surface area contributed by atoms with Crippen LogP contribution in [0.15, 0.2) is 12.3 Å². The van der Waals surface area contributed by atoms with E-state index in [0.717, 1.165) is 6.42 Å². The standard InChI is InChI=1S/C8H16O3/c1-3-5-6-10-11-8-7-9-4-2/h5-6H,3-4,7-8H2,1-2H3. The minimum Gasteiger partial charge on any atom is -0.379 e. The molecule has 0 bridgehead atoms. The van der Waals surface area contributed by atoms with Crippen LogP contribution in [-0.4, -0.2) is 19.8 Å². The van der Waals surface area contributed by atoms with Crippen molar-refractivity contribution in [3.05, 3.63) is 12.3 Å². The Morgan fingerprint density at radius 3 is 2.64 bits per heavy atom. The van der Waals surface area contributed by atoms with E-state index >= 15 is 0 Å². The number of ether oxygens (including phenoxy) is 1. The van der Waals surface area contributed by atoms with E-state index in [1.54, 1.807) is 0 Å². The van der Waals surface area contributed by atoms with Gasteiger partial charge in [0.15, 0.2) is 0 Å². The van der Waals surface area contributed by atoms with Crippen LogP contribution in [0, 0.1) is 0 Å². The van der Waals surface area contributed by atoms with E-state index in [1.807, 2.05) is 19.9 Å². The first-order chi connectivity index (χ1) is 5.41. The Balaban J connectivity index is 2.85. The van der Waals surface area contributed by atoms with Gasteiger partial charge in [0.05, 0.1) is 6.61 Å². The second-order valence-electron chi connectivity index (χ2n) is 1.90. The molecule has 3 nitrogen and oxygen atoms in total. The number of allylic oxidation sites excluding steroid dienone is 1. The van der Waals surface area contributed by atoms with E-state index in [0.29, 0.717) is 19.8 Å². The molecule has 0 heterocycles. The van der Waals surface area contributed by atoms with Crippen molar-refractivity contribution in [1.29, 1.82) is 0 Å². The summed E-state index contributed by atoms with van der Waals surface area (Å²) in [6.45, 7) is 5.74. The quantitative estimate of drug-likeness (QED) is 0.246. The molecule has 11 heavy (non-hydrogen) atoms. The van der Waals surface area contributed by atoms with Crippen molar-refractivity contribution >= 4 is 0 Å². The lowest BCUT2D eigenvalue weighted by molar-refractivity contribution is -0.254. The highest BCUT2D eigenvalue weighted by Crippen LogP contribution is 1.84. The lowest BCUT2D eigenvalue weighted by atomic mass is 10.5. The highest BCUT2D eigenvalue weighted by atomic mass is 17.2. The van der Waals surface area contributed by atoms with Crippen LogP contribution in [0.2, 0.25) is 0 Å². The van der Waals surface area contributed by atoms with Crippen LogP contribution in [0.1, 0.15) is 20.3 Å².